The van der Waals surface area contributed by atoms with Gasteiger partial charge in [0.25, 0.3) is 5.91 Å². The molecule has 0 radical (unpaired) electrons. The molecule has 5 nitrogen and oxygen atoms in total. The number of carbonyl (C=O) groups excluding carboxylic acids is 2. The minimum atomic E-state index is -0.637. The molecule has 0 unspecified atom stereocenters. The normalized spacial score (nSPS) is 23.7. The quantitative estimate of drug-likeness (QED) is 0.617. The average Bonchev–Trinajstić information content (AvgIpc) is 2.75. The smallest absolute Gasteiger partial charge is 0.258 e. The summed E-state index contributed by atoms with van der Waals surface area (Å²) in [6.45, 7) is 5.86. The number of fused-ring (bicyclic) bond motifs is 1. The fourth-order valence-electron chi connectivity index (χ4n) is 4.03. The second-order valence-corrected chi connectivity index (χ2v) is 9.02. The van der Waals surface area contributed by atoms with E-state index in [1.54, 1.807) is 25.2 Å². The van der Waals surface area contributed by atoms with Gasteiger partial charge in [0.2, 0.25) is 5.91 Å². The Labute approximate surface area is 195 Å². The summed E-state index contributed by atoms with van der Waals surface area (Å²) in [7, 11) is 1.67. The van der Waals surface area contributed by atoms with Crippen molar-refractivity contribution < 1.29 is 14.3 Å². The molecule has 0 bridgehead atoms. The molecule has 1 aliphatic rings. The number of hydrogen-bond acceptors (Lipinski definition) is 3. The highest BCUT2D eigenvalue weighted by atomic mass is 35.5. The first-order valence-electron chi connectivity index (χ1n) is 11.0. The molecule has 32 heavy (non-hydrogen) atoms. The van der Waals surface area contributed by atoms with Gasteiger partial charge in [-0.3, -0.25) is 9.59 Å². The fraction of sp³-hybridized carbons (Fsp3) is 0.385. The minimum Gasteiger partial charge on any atom is -0.490 e. The zero-order valence-electron chi connectivity index (χ0n) is 19.0. The van der Waals surface area contributed by atoms with Crippen molar-refractivity contribution in [2.45, 2.75) is 51.8 Å². The maximum atomic E-state index is 13.4. The van der Waals surface area contributed by atoms with Crippen molar-refractivity contribution in [3.8, 4) is 5.75 Å². The van der Waals surface area contributed by atoms with Crippen LogP contribution in [0, 0.1) is 5.92 Å². The third-order valence-corrected chi connectivity index (χ3v) is 5.89. The van der Waals surface area contributed by atoms with Gasteiger partial charge in [0, 0.05) is 18.5 Å². The van der Waals surface area contributed by atoms with E-state index in [9.17, 15) is 9.59 Å². The highest BCUT2D eigenvalue weighted by molar-refractivity contribution is 6.30. The molecule has 2 aromatic carbocycles. The maximum absolute atomic E-state index is 13.4. The summed E-state index contributed by atoms with van der Waals surface area (Å²) in [5, 5.41) is 3.78. The highest BCUT2D eigenvalue weighted by Gasteiger charge is 2.33. The Kier molecular flexibility index (Phi) is 7.97. The molecule has 1 heterocycles. The van der Waals surface area contributed by atoms with E-state index in [1.165, 1.54) is 4.90 Å². The Morgan fingerprint density at radius 2 is 1.78 bits per heavy atom. The molecule has 6 heteroatoms. The molecule has 0 aliphatic carbocycles. The average molecular weight is 455 g/mol. The largest absolute Gasteiger partial charge is 0.490 e. The summed E-state index contributed by atoms with van der Waals surface area (Å²) < 4.78 is 6.09. The lowest BCUT2D eigenvalue weighted by Crippen LogP contribution is -2.51. The summed E-state index contributed by atoms with van der Waals surface area (Å²) in [6, 6.07) is 13.8. The summed E-state index contributed by atoms with van der Waals surface area (Å²) in [6.07, 6.45) is 5.30. The van der Waals surface area contributed by atoms with Gasteiger partial charge in [-0.2, -0.15) is 0 Å². The highest BCUT2D eigenvalue weighted by Crippen LogP contribution is 2.26. The number of amides is 2. The molecule has 1 aliphatic heterocycles. The standard InChI is InChI=1S/C26H31ClN2O3/c1-17(2)24-25(30)28-22(19-11-9-12-20(27)16-19)14-7-5-10-18(3)32-23-15-8-6-13-21(23)26(31)29(24)4/h5-9,11-13,15-18,22,24H,10,14H2,1-4H3,(H,28,30)/b7-5-/t18-,22-,24-/m1/s1. The second-order valence-electron chi connectivity index (χ2n) is 8.59. The zero-order valence-corrected chi connectivity index (χ0v) is 19.8. The van der Waals surface area contributed by atoms with E-state index in [4.69, 9.17) is 16.3 Å². The summed E-state index contributed by atoms with van der Waals surface area (Å²) in [4.78, 5) is 28.3. The van der Waals surface area contributed by atoms with Crippen molar-refractivity contribution in [1.29, 1.82) is 0 Å². The van der Waals surface area contributed by atoms with Crippen LogP contribution in [0.25, 0.3) is 0 Å². The molecule has 3 atom stereocenters. The van der Waals surface area contributed by atoms with Gasteiger partial charge in [0.05, 0.1) is 17.7 Å². The van der Waals surface area contributed by atoms with Crippen LogP contribution in [0.4, 0.5) is 0 Å². The number of nitrogens with zero attached hydrogens (tertiary/aromatic N) is 1. The van der Waals surface area contributed by atoms with E-state index in [1.807, 2.05) is 51.1 Å². The Balaban J connectivity index is 2.01. The number of halogens is 1. The third-order valence-electron chi connectivity index (χ3n) is 5.66. The van der Waals surface area contributed by atoms with Crippen LogP contribution in [0.2, 0.25) is 5.02 Å². The monoisotopic (exact) mass is 454 g/mol. The van der Waals surface area contributed by atoms with Crippen LogP contribution in [0.1, 0.15) is 55.6 Å². The van der Waals surface area contributed by atoms with E-state index < -0.39 is 6.04 Å². The number of ether oxygens (including phenoxy) is 1. The lowest BCUT2D eigenvalue weighted by atomic mass is 9.98. The lowest BCUT2D eigenvalue weighted by Gasteiger charge is -2.32. The number of carbonyl (C=O) groups is 2. The van der Waals surface area contributed by atoms with Crippen molar-refractivity contribution in [2.75, 3.05) is 7.05 Å². The fourth-order valence-corrected chi connectivity index (χ4v) is 4.23. The molecule has 0 saturated heterocycles. The van der Waals surface area contributed by atoms with E-state index in [-0.39, 0.29) is 29.9 Å². The van der Waals surface area contributed by atoms with E-state index in [0.29, 0.717) is 29.2 Å². The molecule has 0 fully saturated rings. The third kappa shape index (κ3) is 5.71. The molecule has 2 amide bonds. The number of nitrogens with one attached hydrogen (secondary N) is 1. The summed E-state index contributed by atoms with van der Waals surface area (Å²) in [5.41, 5.74) is 1.38. The first kappa shape index (κ1) is 23.9. The molecule has 170 valence electrons. The van der Waals surface area contributed by atoms with Crippen LogP contribution in [0.15, 0.2) is 60.7 Å². The molecule has 1 N–H and O–H groups in total. The summed E-state index contributed by atoms with van der Waals surface area (Å²) in [5.74, 6) is 0.00745. The van der Waals surface area contributed by atoms with Gasteiger partial charge in [-0.15, -0.1) is 0 Å². The Morgan fingerprint density at radius 1 is 1.06 bits per heavy atom. The maximum Gasteiger partial charge on any atom is 0.258 e. The predicted octanol–water partition coefficient (Wildman–Crippen LogP) is 5.41. The minimum absolute atomic E-state index is 0.0839. The molecule has 2 aromatic rings. The second kappa shape index (κ2) is 10.7. The van der Waals surface area contributed by atoms with Gasteiger partial charge in [0.1, 0.15) is 11.8 Å². The molecular weight excluding hydrogens is 424 g/mol. The van der Waals surface area contributed by atoms with Crippen LogP contribution >= 0.6 is 11.6 Å². The summed E-state index contributed by atoms with van der Waals surface area (Å²) >= 11 is 6.21. The van der Waals surface area contributed by atoms with E-state index in [0.717, 1.165) is 5.56 Å². The number of hydrogen-bond donors (Lipinski definition) is 1. The number of benzene rings is 2. The van der Waals surface area contributed by atoms with Crippen molar-refractivity contribution in [1.82, 2.24) is 10.2 Å². The molecular formula is C26H31ClN2O3. The van der Waals surface area contributed by atoms with Crippen LogP contribution in [0.3, 0.4) is 0 Å². The van der Waals surface area contributed by atoms with Crippen LogP contribution in [-0.2, 0) is 4.79 Å². The Hall–Kier alpha value is -2.79. The number of likely N-dealkylation sites (N-methyl/N-ethyl adjacent to an activating group) is 1. The van der Waals surface area contributed by atoms with Gasteiger partial charge in [-0.25, -0.2) is 0 Å². The van der Waals surface area contributed by atoms with Gasteiger partial charge >= 0.3 is 0 Å². The van der Waals surface area contributed by atoms with Gasteiger partial charge in [0.15, 0.2) is 0 Å². The number of rotatable bonds is 2. The van der Waals surface area contributed by atoms with Crippen molar-refractivity contribution in [2.24, 2.45) is 5.92 Å². The van der Waals surface area contributed by atoms with Gasteiger partial charge in [-0.05, 0) is 49.1 Å². The van der Waals surface area contributed by atoms with Crippen molar-refractivity contribution in [3.05, 3.63) is 76.8 Å². The van der Waals surface area contributed by atoms with Crippen LogP contribution in [0.5, 0.6) is 5.75 Å². The topological polar surface area (TPSA) is 58.6 Å². The molecule has 3 rings (SSSR count). The molecule has 0 saturated carbocycles. The first-order chi connectivity index (χ1) is 15.3. The van der Waals surface area contributed by atoms with Crippen LogP contribution in [-0.4, -0.2) is 35.9 Å². The van der Waals surface area contributed by atoms with Gasteiger partial charge in [-0.1, -0.05) is 61.9 Å². The van der Waals surface area contributed by atoms with E-state index in [2.05, 4.69) is 17.5 Å². The van der Waals surface area contributed by atoms with Crippen LogP contribution < -0.4 is 10.1 Å². The predicted molar refractivity (Wildman–Crippen MR) is 128 cm³/mol. The van der Waals surface area contributed by atoms with Crippen molar-refractivity contribution >= 4 is 23.4 Å². The molecule has 0 aromatic heterocycles. The van der Waals surface area contributed by atoms with Gasteiger partial charge < -0.3 is 15.0 Å². The molecule has 0 spiro atoms. The SMILES string of the molecule is CC(C)[C@@H]1C(=O)N[C@@H](c2cccc(Cl)c2)C/C=C\C[C@@H](C)Oc2ccccc2C(=O)N1C. The van der Waals surface area contributed by atoms with Crippen molar-refractivity contribution in [3.63, 3.8) is 0 Å². The van der Waals surface area contributed by atoms with E-state index >= 15 is 0 Å². The Bertz CT molecular complexity index is 989. The zero-order chi connectivity index (χ0) is 23.3. The number of para-hydroxylation sites is 1. The lowest BCUT2D eigenvalue weighted by molar-refractivity contribution is -0.127. The first-order valence-corrected chi connectivity index (χ1v) is 11.4. The Morgan fingerprint density at radius 3 is 2.50 bits per heavy atom.